The molecular formula is C21H13F7N2O4. The maximum atomic E-state index is 14.2. The van der Waals surface area contributed by atoms with Crippen LogP contribution in [0.4, 0.5) is 36.4 Å². The predicted octanol–water partition coefficient (Wildman–Crippen LogP) is 6.19. The van der Waals surface area contributed by atoms with Crippen LogP contribution in [-0.4, -0.2) is 24.4 Å². The Morgan fingerprint density at radius 2 is 1.59 bits per heavy atom. The minimum absolute atomic E-state index is 0.206. The van der Waals surface area contributed by atoms with Crippen molar-refractivity contribution in [3.05, 3.63) is 71.8 Å². The Labute approximate surface area is 186 Å². The van der Waals surface area contributed by atoms with Crippen LogP contribution in [0.1, 0.15) is 15.9 Å². The summed E-state index contributed by atoms with van der Waals surface area (Å²) in [5.41, 5.74) is -2.14. The van der Waals surface area contributed by atoms with Crippen molar-refractivity contribution in [3.8, 4) is 23.0 Å². The third-order valence-corrected chi connectivity index (χ3v) is 4.15. The number of ether oxygens (including phenoxy) is 3. The first-order chi connectivity index (χ1) is 15.9. The maximum absolute atomic E-state index is 14.2. The monoisotopic (exact) mass is 490 g/mol. The van der Waals surface area contributed by atoms with Crippen LogP contribution < -0.4 is 19.5 Å². The number of aromatic nitrogens is 1. The van der Waals surface area contributed by atoms with Gasteiger partial charge in [-0.25, -0.2) is 4.39 Å². The van der Waals surface area contributed by atoms with E-state index < -0.39 is 46.9 Å². The molecule has 0 aliphatic carbocycles. The van der Waals surface area contributed by atoms with Crippen LogP contribution in [0.5, 0.6) is 23.0 Å². The van der Waals surface area contributed by atoms with E-state index in [1.807, 2.05) is 0 Å². The Morgan fingerprint density at radius 3 is 2.18 bits per heavy atom. The molecular weight excluding hydrogens is 477 g/mol. The number of nitrogens with zero attached hydrogens (tertiary/aromatic N) is 1. The van der Waals surface area contributed by atoms with E-state index in [-0.39, 0.29) is 23.3 Å². The minimum Gasteiger partial charge on any atom is -0.493 e. The summed E-state index contributed by atoms with van der Waals surface area (Å²) < 4.78 is 105. The highest BCUT2D eigenvalue weighted by molar-refractivity contribution is 6.06. The van der Waals surface area contributed by atoms with Crippen LogP contribution in [0.15, 0.2) is 54.9 Å². The molecule has 0 radical (unpaired) electrons. The number of carbonyl (C=O) groups is 1. The fourth-order valence-corrected chi connectivity index (χ4v) is 2.71. The van der Waals surface area contributed by atoms with Gasteiger partial charge in [0.2, 0.25) is 0 Å². The molecule has 3 rings (SSSR count). The third kappa shape index (κ3) is 6.05. The molecule has 1 heterocycles. The molecule has 0 saturated carbocycles. The molecule has 3 aromatic rings. The van der Waals surface area contributed by atoms with Crippen LogP contribution in [0, 0.1) is 5.82 Å². The van der Waals surface area contributed by atoms with Gasteiger partial charge in [0.05, 0.1) is 18.2 Å². The zero-order chi connectivity index (χ0) is 25.1. The molecule has 0 saturated heterocycles. The van der Waals surface area contributed by atoms with E-state index in [4.69, 9.17) is 9.47 Å². The first-order valence-electron chi connectivity index (χ1n) is 9.11. The van der Waals surface area contributed by atoms with Gasteiger partial charge >= 0.3 is 12.5 Å². The van der Waals surface area contributed by atoms with Gasteiger partial charge in [-0.1, -0.05) is 0 Å². The fourth-order valence-electron chi connectivity index (χ4n) is 2.71. The summed E-state index contributed by atoms with van der Waals surface area (Å²) in [4.78, 5) is 16.4. The van der Waals surface area contributed by atoms with Crippen molar-refractivity contribution in [2.75, 3.05) is 12.4 Å². The summed E-state index contributed by atoms with van der Waals surface area (Å²) in [5, 5.41) is 2.35. The molecule has 0 fully saturated rings. The maximum Gasteiger partial charge on any atom is 0.573 e. The van der Waals surface area contributed by atoms with Crippen LogP contribution in [0.2, 0.25) is 0 Å². The van der Waals surface area contributed by atoms with Gasteiger partial charge in [-0.2, -0.15) is 13.2 Å². The van der Waals surface area contributed by atoms with Crippen LogP contribution in [0.25, 0.3) is 0 Å². The van der Waals surface area contributed by atoms with Gasteiger partial charge in [0.15, 0.2) is 11.5 Å². The number of alkyl halides is 6. The number of anilines is 1. The van der Waals surface area contributed by atoms with E-state index >= 15 is 0 Å². The summed E-state index contributed by atoms with van der Waals surface area (Å²) >= 11 is 0. The topological polar surface area (TPSA) is 69.7 Å². The second kappa shape index (κ2) is 9.45. The van der Waals surface area contributed by atoms with Gasteiger partial charge in [-0.05, 0) is 36.4 Å². The minimum atomic E-state index is -5.13. The van der Waals surface area contributed by atoms with Gasteiger partial charge in [-0.3, -0.25) is 9.78 Å². The highest BCUT2D eigenvalue weighted by atomic mass is 19.4. The number of rotatable bonds is 6. The Hall–Kier alpha value is -4.03. The lowest BCUT2D eigenvalue weighted by molar-refractivity contribution is -0.274. The number of hydrogen-bond donors (Lipinski definition) is 1. The number of pyridine rings is 1. The van der Waals surface area contributed by atoms with E-state index in [0.717, 1.165) is 25.3 Å². The van der Waals surface area contributed by atoms with Crippen molar-refractivity contribution in [3.63, 3.8) is 0 Å². The Kier molecular flexibility index (Phi) is 6.84. The zero-order valence-electron chi connectivity index (χ0n) is 16.9. The Balaban J connectivity index is 2.04. The second-order valence-corrected chi connectivity index (χ2v) is 6.48. The molecule has 0 aliphatic heterocycles. The van der Waals surface area contributed by atoms with Gasteiger partial charge in [0.25, 0.3) is 5.91 Å². The number of nitrogens with one attached hydrogen (secondary N) is 1. The number of benzene rings is 2. The molecule has 0 unspecified atom stereocenters. The van der Waals surface area contributed by atoms with E-state index in [1.54, 1.807) is 0 Å². The molecule has 0 spiro atoms. The van der Waals surface area contributed by atoms with Gasteiger partial charge in [-0.15, -0.1) is 13.2 Å². The summed E-state index contributed by atoms with van der Waals surface area (Å²) in [7, 11) is 1.06. The highest BCUT2D eigenvalue weighted by Gasteiger charge is 2.36. The van der Waals surface area contributed by atoms with Crippen molar-refractivity contribution in [2.24, 2.45) is 0 Å². The third-order valence-electron chi connectivity index (χ3n) is 4.15. The molecule has 0 atom stereocenters. The van der Waals surface area contributed by atoms with Gasteiger partial charge in [0.1, 0.15) is 17.3 Å². The summed E-state index contributed by atoms with van der Waals surface area (Å²) in [6, 6.07) is 5.85. The largest absolute Gasteiger partial charge is 0.573 e. The molecule has 1 N–H and O–H groups in total. The van der Waals surface area contributed by atoms with Crippen molar-refractivity contribution in [1.29, 1.82) is 0 Å². The second-order valence-electron chi connectivity index (χ2n) is 6.48. The number of methoxy groups -OCH3 is 1. The lowest BCUT2D eigenvalue weighted by Gasteiger charge is -2.17. The first kappa shape index (κ1) is 24.6. The molecule has 180 valence electrons. The average Bonchev–Trinajstić information content (AvgIpc) is 2.74. The van der Waals surface area contributed by atoms with Crippen molar-refractivity contribution in [1.82, 2.24) is 4.98 Å². The predicted molar refractivity (Wildman–Crippen MR) is 103 cm³/mol. The summed E-state index contributed by atoms with van der Waals surface area (Å²) in [6.45, 7) is 0. The Morgan fingerprint density at radius 1 is 0.912 bits per heavy atom. The molecule has 1 aromatic heterocycles. The fraction of sp³-hybridized carbons (Fsp3) is 0.143. The quantitative estimate of drug-likeness (QED) is 0.418. The van der Waals surface area contributed by atoms with Gasteiger partial charge < -0.3 is 19.5 Å². The molecule has 13 heteroatoms. The Bertz CT molecular complexity index is 1180. The van der Waals surface area contributed by atoms with Crippen molar-refractivity contribution >= 4 is 11.6 Å². The smallest absolute Gasteiger partial charge is 0.493 e. The van der Waals surface area contributed by atoms with Crippen molar-refractivity contribution < 1.29 is 49.7 Å². The number of carbonyl (C=O) groups excluding carboxylic acids is 1. The first-order valence-corrected chi connectivity index (χ1v) is 9.11. The standard InChI is InChI=1S/C21H13F7N2O4/c1-32-18-8-12(34-21(26,27)28)2-3-16(18)33-17-10-14(20(23,24)25)15(22)9-13(17)19(31)30-11-4-6-29-7-5-11/h2-10H,1H3,(H,29,30,31). The van der Waals surface area contributed by atoms with Crippen LogP contribution in [0.3, 0.4) is 0 Å². The summed E-state index contributed by atoms with van der Waals surface area (Å²) in [6.07, 6.45) is -7.48. The molecule has 2 aromatic carbocycles. The van der Waals surface area contributed by atoms with Gasteiger partial charge in [0, 0.05) is 24.1 Å². The van der Waals surface area contributed by atoms with E-state index in [0.29, 0.717) is 6.07 Å². The van der Waals surface area contributed by atoms with E-state index in [2.05, 4.69) is 15.0 Å². The average molecular weight is 490 g/mol. The SMILES string of the molecule is COc1cc(OC(F)(F)F)ccc1Oc1cc(C(F)(F)F)c(F)cc1C(=O)Nc1ccncc1. The van der Waals surface area contributed by atoms with E-state index in [1.165, 1.54) is 24.5 Å². The molecule has 0 aliphatic rings. The van der Waals surface area contributed by atoms with Crippen LogP contribution in [-0.2, 0) is 6.18 Å². The van der Waals surface area contributed by atoms with Crippen molar-refractivity contribution in [2.45, 2.75) is 12.5 Å². The molecule has 0 bridgehead atoms. The molecule has 6 nitrogen and oxygen atoms in total. The number of amides is 1. The normalized spacial score (nSPS) is 11.6. The van der Waals surface area contributed by atoms with E-state index in [9.17, 15) is 35.5 Å². The lowest BCUT2D eigenvalue weighted by Crippen LogP contribution is -2.17. The number of halogens is 7. The summed E-state index contributed by atoms with van der Waals surface area (Å²) in [5.74, 6) is -4.91. The lowest BCUT2D eigenvalue weighted by atomic mass is 10.1. The van der Waals surface area contributed by atoms with Crippen LogP contribution >= 0.6 is 0 Å². The molecule has 1 amide bonds. The zero-order valence-corrected chi connectivity index (χ0v) is 16.9. The number of hydrogen-bond acceptors (Lipinski definition) is 5. The highest BCUT2D eigenvalue weighted by Crippen LogP contribution is 2.40. The molecule has 34 heavy (non-hydrogen) atoms.